The lowest BCUT2D eigenvalue weighted by Gasteiger charge is -2.34. The van der Waals surface area contributed by atoms with Gasteiger partial charge in [0.1, 0.15) is 12.6 Å². The maximum atomic E-state index is 12.6. The first-order valence-electron chi connectivity index (χ1n) is 8.21. The number of benzene rings is 1. The molecule has 0 aromatic heterocycles. The summed E-state index contributed by atoms with van der Waals surface area (Å²) in [4.78, 5) is 25.6. The third-order valence-electron chi connectivity index (χ3n) is 4.47. The maximum absolute atomic E-state index is 12.6. The number of carbonyl (C=O) groups excluding carboxylic acids is 1. The molecule has 0 saturated carbocycles. The fourth-order valence-electron chi connectivity index (χ4n) is 3.23. The van der Waals surface area contributed by atoms with Crippen LogP contribution in [0.2, 0.25) is 0 Å². The van der Waals surface area contributed by atoms with Crippen molar-refractivity contribution in [2.45, 2.75) is 30.9 Å². The van der Waals surface area contributed by atoms with Crippen LogP contribution in [0.5, 0.6) is 0 Å². The van der Waals surface area contributed by atoms with E-state index >= 15 is 0 Å². The summed E-state index contributed by atoms with van der Waals surface area (Å²) >= 11 is 1.55. The molecule has 2 aliphatic rings. The minimum atomic E-state index is -0.967. The third-order valence-corrected chi connectivity index (χ3v) is 5.94. The van der Waals surface area contributed by atoms with Gasteiger partial charge in [-0.25, -0.2) is 9.59 Å². The van der Waals surface area contributed by atoms with Gasteiger partial charge in [0.15, 0.2) is 0 Å². The molecule has 6 nitrogen and oxygen atoms in total. The van der Waals surface area contributed by atoms with Crippen LogP contribution in [0.15, 0.2) is 30.3 Å². The van der Waals surface area contributed by atoms with E-state index in [-0.39, 0.29) is 17.9 Å². The number of rotatable bonds is 4. The van der Waals surface area contributed by atoms with Crippen molar-refractivity contribution in [1.82, 2.24) is 10.2 Å². The molecular weight excluding hydrogens is 328 g/mol. The Hall–Kier alpha value is -1.73. The zero-order valence-corrected chi connectivity index (χ0v) is 14.2. The minimum Gasteiger partial charge on any atom is -0.480 e. The van der Waals surface area contributed by atoms with Crippen LogP contribution in [0, 0.1) is 5.92 Å². The number of carboxylic acids is 1. The molecular formula is C17H22N2O4S. The van der Waals surface area contributed by atoms with Crippen LogP contribution >= 0.6 is 11.8 Å². The molecule has 0 spiro atoms. The molecule has 1 aromatic rings. The number of hydrogen-bond donors (Lipinski definition) is 2. The van der Waals surface area contributed by atoms with Crippen molar-refractivity contribution in [3.05, 3.63) is 35.9 Å². The number of aliphatic carboxylic acids is 1. The second-order valence-corrected chi connectivity index (χ2v) is 7.28. The summed E-state index contributed by atoms with van der Waals surface area (Å²) in [6, 6.07) is 8.60. The molecule has 3 atom stereocenters. The second kappa shape index (κ2) is 7.90. The Morgan fingerprint density at radius 1 is 1.33 bits per heavy atom. The Morgan fingerprint density at radius 2 is 2.12 bits per heavy atom. The van der Waals surface area contributed by atoms with Crippen LogP contribution in [0.1, 0.15) is 18.4 Å². The van der Waals surface area contributed by atoms with Crippen molar-refractivity contribution >= 4 is 23.8 Å². The van der Waals surface area contributed by atoms with Gasteiger partial charge < -0.3 is 15.2 Å². The van der Waals surface area contributed by atoms with Crippen molar-refractivity contribution in [3.8, 4) is 0 Å². The first kappa shape index (κ1) is 17.1. The number of ether oxygens (including phenoxy) is 1. The second-order valence-electron chi connectivity index (χ2n) is 6.13. The Labute approximate surface area is 145 Å². The Morgan fingerprint density at radius 3 is 2.79 bits per heavy atom. The molecule has 7 heteroatoms. The summed E-state index contributed by atoms with van der Waals surface area (Å²) in [6.07, 6.45) is 1.51. The minimum absolute atomic E-state index is 0.137. The van der Waals surface area contributed by atoms with E-state index in [2.05, 4.69) is 5.32 Å². The molecule has 2 fully saturated rings. The fourth-order valence-corrected chi connectivity index (χ4v) is 4.81. The van der Waals surface area contributed by atoms with E-state index in [1.165, 1.54) is 4.90 Å². The number of carboxylic acid groups (broad SMARTS) is 1. The standard InChI is InChI=1S/C17H22N2O4S/c20-16(21)14-11-24-15(13-7-4-8-18-9-13)19(14)17(22)23-10-12-5-2-1-3-6-12/h1-3,5-6,13-15,18H,4,7-11H2,(H,20,21)/t13?,14?,15-/m1/s1. The van der Waals surface area contributed by atoms with Crippen molar-refractivity contribution in [3.63, 3.8) is 0 Å². The zero-order valence-electron chi connectivity index (χ0n) is 13.4. The monoisotopic (exact) mass is 350 g/mol. The number of thioether (sulfide) groups is 1. The number of nitrogens with zero attached hydrogens (tertiary/aromatic N) is 1. The summed E-state index contributed by atoms with van der Waals surface area (Å²) < 4.78 is 5.40. The van der Waals surface area contributed by atoms with Gasteiger partial charge in [-0.1, -0.05) is 30.3 Å². The number of hydrogen-bond acceptors (Lipinski definition) is 5. The largest absolute Gasteiger partial charge is 0.480 e. The normalized spacial score (nSPS) is 27.0. The van der Waals surface area contributed by atoms with Gasteiger partial charge in [0.05, 0.1) is 5.37 Å². The van der Waals surface area contributed by atoms with Crippen LogP contribution in [0.25, 0.3) is 0 Å². The lowest BCUT2D eigenvalue weighted by atomic mass is 9.98. The quantitative estimate of drug-likeness (QED) is 0.866. The van der Waals surface area contributed by atoms with Gasteiger partial charge in [0, 0.05) is 18.2 Å². The van der Waals surface area contributed by atoms with Gasteiger partial charge in [-0.3, -0.25) is 4.90 Å². The van der Waals surface area contributed by atoms with Crippen molar-refractivity contribution in [1.29, 1.82) is 0 Å². The lowest BCUT2D eigenvalue weighted by molar-refractivity contribution is -0.142. The first-order valence-corrected chi connectivity index (χ1v) is 9.26. The lowest BCUT2D eigenvalue weighted by Crippen LogP contribution is -2.50. The van der Waals surface area contributed by atoms with Crippen molar-refractivity contribution in [2.24, 2.45) is 5.92 Å². The zero-order chi connectivity index (χ0) is 16.9. The average Bonchev–Trinajstić information content (AvgIpc) is 3.07. The van der Waals surface area contributed by atoms with Gasteiger partial charge >= 0.3 is 12.1 Å². The highest BCUT2D eigenvalue weighted by Crippen LogP contribution is 2.37. The molecule has 0 aliphatic carbocycles. The van der Waals surface area contributed by atoms with Gasteiger partial charge in [-0.2, -0.15) is 0 Å². The van der Waals surface area contributed by atoms with Gasteiger partial charge in [-0.15, -0.1) is 11.8 Å². The Bertz CT molecular complexity index is 577. The average molecular weight is 350 g/mol. The molecule has 2 N–H and O–H groups in total. The van der Waals surface area contributed by atoms with Crippen molar-refractivity contribution in [2.75, 3.05) is 18.8 Å². The molecule has 2 heterocycles. The summed E-state index contributed by atoms with van der Waals surface area (Å²) in [5.74, 6) is -0.292. The molecule has 130 valence electrons. The highest BCUT2D eigenvalue weighted by molar-refractivity contribution is 8.00. The Kier molecular flexibility index (Phi) is 5.63. The molecule has 3 rings (SSSR count). The van der Waals surface area contributed by atoms with E-state index in [4.69, 9.17) is 4.74 Å². The predicted molar refractivity (Wildman–Crippen MR) is 91.7 cm³/mol. The highest BCUT2D eigenvalue weighted by Gasteiger charge is 2.46. The summed E-state index contributed by atoms with van der Waals surface area (Å²) in [5, 5.41) is 12.7. The van der Waals surface area contributed by atoms with E-state index in [9.17, 15) is 14.7 Å². The number of nitrogens with one attached hydrogen (secondary N) is 1. The van der Waals surface area contributed by atoms with Crippen LogP contribution < -0.4 is 5.32 Å². The van der Waals surface area contributed by atoms with Crippen LogP contribution in [-0.2, 0) is 16.1 Å². The van der Waals surface area contributed by atoms with Gasteiger partial charge in [0.25, 0.3) is 0 Å². The Balaban J connectivity index is 1.69. The molecule has 24 heavy (non-hydrogen) atoms. The SMILES string of the molecule is O=C(O)C1CS[C@H](C2CCCNC2)N1C(=O)OCc1ccccc1. The fraction of sp³-hybridized carbons (Fsp3) is 0.529. The van der Waals surface area contributed by atoms with Crippen LogP contribution in [0.3, 0.4) is 0 Å². The number of amides is 1. The first-order chi connectivity index (χ1) is 11.7. The van der Waals surface area contributed by atoms with E-state index in [1.54, 1.807) is 11.8 Å². The van der Waals surface area contributed by atoms with E-state index in [0.717, 1.165) is 31.5 Å². The highest BCUT2D eigenvalue weighted by atomic mass is 32.2. The summed E-state index contributed by atoms with van der Waals surface area (Å²) in [5.41, 5.74) is 0.889. The molecule has 2 saturated heterocycles. The maximum Gasteiger partial charge on any atom is 0.411 e. The van der Waals surface area contributed by atoms with E-state index in [1.807, 2.05) is 30.3 Å². The predicted octanol–water partition coefficient (Wildman–Crippen LogP) is 2.15. The molecule has 0 radical (unpaired) electrons. The van der Waals surface area contributed by atoms with Gasteiger partial charge in [-0.05, 0) is 24.9 Å². The van der Waals surface area contributed by atoms with Crippen LogP contribution in [-0.4, -0.2) is 52.3 Å². The van der Waals surface area contributed by atoms with E-state index < -0.39 is 18.1 Å². The molecule has 2 unspecified atom stereocenters. The summed E-state index contributed by atoms with van der Waals surface area (Å²) in [7, 11) is 0. The van der Waals surface area contributed by atoms with Crippen molar-refractivity contribution < 1.29 is 19.4 Å². The molecule has 2 aliphatic heterocycles. The van der Waals surface area contributed by atoms with Gasteiger partial charge in [0.2, 0.25) is 0 Å². The topological polar surface area (TPSA) is 78.9 Å². The summed E-state index contributed by atoms with van der Waals surface area (Å²) in [6.45, 7) is 1.95. The smallest absolute Gasteiger partial charge is 0.411 e. The molecule has 1 aromatic carbocycles. The molecule has 1 amide bonds. The third kappa shape index (κ3) is 3.84. The van der Waals surface area contributed by atoms with Crippen LogP contribution in [0.4, 0.5) is 4.79 Å². The number of carbonyl (C=O) groups is 2. The molecule has 0 bridgehead atoms. The number of piperidine rings is 1. The van der Waals surface area contributed by atoms with E-state index in [0.29, 0.717) is 5.75 Å².